The predicted molar refractivity (Wildman–Crippen MR) is 61.5 cm³/mol. The summed E-state index contributed by atoms with van der Waals surface area (Å²) in [6.45, 7) is 3.99. The van der Waals surface area contributed by atoms with E-state index in [1.807, 2.05) is 13.8 Å². The molecule has 1 aromatic carbocycles. The van der Waals surface area contributed by atoms with Gasteiger partial charge in [0.15, 0.2) is 0 Å². The second-order valence-electron chi connectivity index (χ2n) is 4.21. The quantitative estimate of drug-likeness (QED) is 0.844. The fourth-order valence-corrected chi connectivity index (χ4v) is 1.25. The average molecular weight is 242 g/mol. The number of hydrogen-bond acceptors (Lipinski definition) is 2. The third-order valence-corrected chi connectivity index (χ3v) is 2.54. The van der Waals surface area contributed by atoms with Crippen molar-refractivity contribution in [2.45, 2.75) is 19.9 Å². The summed E-state index contributed by atoms with van der Waals surface area (Å²) in [5.74, 6) is -2.35. The van der Waals surface area contributed by atoms with E-state index < -0.39 is 23.1 Å². The third kappa shape index (κ3) is 3.49. The van der Waals surface area contributed by atoms with E-state index >= 15 is 0 Å². The maximum atomic E-state index is 13.3. The van der Waals surface area contributed by atoms with E-state index in [-0.39, 0.29) is 18.5 Å². The molecule has 1 unspecified atom stereocenters. The number of benzene rings is 1. The third-order valence-electron chi connectivity index (χ3n) is 2.54. The Morgan fingerprint density at radius 1 is 1.35 bits per heavy atom. The van der Waals surface area contributed by atoms with Crippen molar-refractivity contribution < 1.29 is 13.6 Å². The van der Waals surface area contributed by atoms with Crippen LogP contribution in [0.3, 0.4) is 0 Å². The summed E-state index contributed by atoms with van der Waals surface area (Å²) in [7, 11) is 0. The van der Waals surface area contributed by atoms with Crippen LogP contribution in [0.2, 0.25) is 0 Å². The van der Waals surface area contributed by atoms with Crippen LogP contribution in [0.15, 0.2) is 18.2 Å². The summed E-state index contributed by atoms with van der Waals surface area (Å²) in [5.41, 5.74) is 5.15. The first-order valence-electron chi connectivity index (χ1n) is 5.41. The Balaban J connectivity index is 2.71. The highest BCUT2D eigenvalue weighted by molar-refractivity contribution is 5.94. The molecule has 0 heterocycles. The Labute approximate surface area is 99.0 Å². The van der Waals surface area contributed by atoms with Crippen LogP contribution in [-0.4, -0.2) is 18.5 Å². The van der Waals surface area contributed by atoms with Gasteiger partial charge in [0.2, 0.25) is 0 Å². The Hall–Kier alpha value is -1.49. The lowest BCUT2D eigenvalue weighted by molar-refractivity contribution is 0.0941. The predicted octanol–water partition coefficient (Wildman–Crippen LogP) is 1.68. The van der Waals surface area contributed by atoms with Gasteiger partial charge in [0.1, 0.15) is 17.2 Å². The Kier molecular flexibility index (Phi) is 4.57. The second-order valence-corrected chi connectivity index (χ2v) is 4.21. The minimum absolute atomic E-state index is 0.181. The van der Waals surface area contributed by atoms with Crippen LogP contribution in [0.4, 0.5) is 8.78 Å². The Morgan fingerprint density at radius 2 is 1.88 bits per heavy atom. The van der Waals surface area contributed by atoms with Crippen LogP contribution in [-0.2, 0) is 0 Å². The summed E-state index contributed by atoms with van der Waals surface area (Å²) in [4.78, 5) is 11.6. The van der Waals surface area contributed by atoms with E-state index in [1.54, 1.807) is 0 Å². The summed E-state index contributed by atoms with van der Waals surface area (Å²) in [6, 6.07) is 3.05. The van der Waals surface area contributed by atoms with Gasteiger partial charge in [0, 0.05) is 12.6 Å². The van der Waals surface area contributed by atoms with Crippen molar-refractivity contribution in [2.24, 2.45) is 11.7 Å². The monoisotopic (exact) mass is 242 g/mol. The van der Waals surface area contributed by atoms with E-state index in [4.69, 9.17) is 5.73 Å². The molecule has 1 aromatic rings. The SMILES string of the molecule is CC(C)C(N)CNC(=O)c1c(F)cccc1F. The van der Waals surface area contributed by atoms with E-state index in [0.29, 0.717) is 0 Å². The molecule has 0 aliphatic heterocycles. The zero-order valence-corrected chi connectivity index (χ0v) is 9.84. The molecule has 0 aromatic heterocycles. The lowest BCUT2D eigenvalue weighted by Gasteiger charge is -2.16. The standard InChI is InChI=1S/C12H16F2N2O/c1-7(2)10(15)6-16-12(17)11-8(13)4-3-5-9(11)14/h3-5,7,10H,6,15H2,1-2H3,(H,16,17). The molecule has 1 rings (SSSR count). The average Bonchev–Trinajstić information content (AvgIpc) is 2.25. The van der Waals surface area contributed by atoms with Crippen molar-refractivity contribution in [2.75, 3.05) is 6.54 Å². The molecule has 3 N–H and O–H groups in total. The van der Waals surface area contributed by atoms with Crippen LogP contribution in [0.5, 0.6) is 0 Å². The van der Waals surface area contributed by atoms with Gasteiger partial charge < -0.3 is 11.1 Å². The molecule has 0 saturated carbocycles. The van der Waals surface area contributed by atoms with Gasteiger partial charge in [-0.25, -0.2) is 8.78 Å². The van der Waals surface area contributed by atoms with Crippen LogP contribution in [0, 0.1) is 17.6 Å². The number of carbonyl (C=O) groups is 1. The summed E-state index contributed by atoms with van der Waals surface area (Å²) in [6.07, 6.45) is 0. The molecule has 17 heavy (non-hydrogen) atoms. The molecule has 0 fully saturated rings. The number of nitrogens with two attached hydrogens (primary N) is 1. The highest BCUT2D eigenvalue weighted by Gasteiger charge is 2.17. The highest BCUT2D eigenvalue weighted by Crippen LogP contribution is 2.11. The number of carbonyl (C=O) groups excluding carboxylic acids is 1. The maximum Gasteiger partial charge on any atom is 0.257 e. The lowest BCUT2D eigenvalue weighted by atomic mass is 10.1. The first-order valence-corrected chi connectivity index (χ1v) is 5.41. The molecular weight excluding hydrogens is 226 g/mol. The fraction of sp³-hybridized carbons (Fsp3) is 0.417. The first-order chi connectivity index (χ1) is 7.93. The van der Waals surface area contributed by atoms with Crippen LogP contribution < -0.4 is 11.1 Å². The number of nitrogens with one attached hydrogen (secondary N) is 1. The Morgan fingerprint density at radius 3 is 2.35 bits per heavy atom. The summed E-state index contributed by atoms with van der Waals surface area (Å²) >= 11 is 0. The zero-order valence-electron chi connectivity index (χ0n) is 9.84. The molecule has 0 radical (unpaired) electrons. The molecular formula is C12H16F2N2O. The topological polar surface area (TPSA) is 55.1 Å². The van der Waals surface area contributed by atoms with Crippen molar-refractivity contribution in [3.8, 4) is 0 Å². The van der Waals surface area contributed by atoms with Gasteiger partial charge in [-0.3, -0.25) is 4.79 Å². The first kappa shape index (κ1) is 13.6. The molecule has 1 amide bonds. The molecule has 3 nitrogen and oxygen atoms in total. The van der Waals surface area contributed by atoms with E-state index in [0.717, 1.165) is 12.1 Å². The van der Waals surface area contributed by atoms with Gasteiger partial charge >= 0.3 is 0 Å². The van der Waals surface area contributed by atoms with Crippen molar-refractivity contribution in [3.63, 3.8) is 0 Å². The number of halogens is 2. The van der Waals surface area contributed by atoms with E-state index in [1.165, 1.54) is 6.07 Å². The molecule has 5 heteroatoms. The van der Waals surface area contributed by atoms with Crippen molar-refractivity contribution in [1.82, 2.24) is 5.32 Å². The second kappa shape index (κ2) is 5.72. The van der Waals surface area contributed by atoms with Gasteiger partial charge in [-0.1, -0.05) is 19.9 Å². The van der Waals surface area contributed by atoms with E-state index in [9.17, 15) is 13.6 Å². The smallest absolute Gasteiger partial charge is 0.257 e. The molecule has 0 bridgehead atoms. The van der Waals surface area contributed by atoms with Gasteiger partial charge in [-0.05, 0) is 18.1 Å². The zero-order chi connectivity index (χ0) is 13.0. The van der Waals surface area contributed by atoms with Crippen LogP contribution in [0.25, 0.3) is 0 Å². The van der Waals surface area contributed by atoms with Crippen molar-refractivity contribution in [1.29, 1.82) is 0 Å². The summed E-state index contributed by atoms with van der Waals surface area (Å²) in [5, 5.41) is 2.42. The molecule has 0 saturated heterocycles. The molecule has 0 aliphatic rings. The molecule has 0 spiro atoms. The van der Waals surface area contributed by atoms with Gasteiger partial charge in [-0.2, -0.15) is 0 Å². The van der Waals surface area contributed by atoms with Crippen LogP contribution in [0.1, 0.15) is 24.2 Å². The van der Waals surface area contributed by atoms with E-state index in [2.05, 4.69) is 5.32 Å². The van der Waals surface area contributed by atoms with Gasteiger partial charge in [0.25, 0.3) is 5.91 Å². The summed E-state index contributed by atoms with van der Waals surface area (Å²) < 4.78 is 26.5. The lowest BCUT2D eigenvalue weighted by Crippen LogP contribution is -2.40. The highest BCUT2D eigenvalue weighted by atomic mass is 19.1. The normalized spacial score (nSPS) is 12.6. The number of hydrogen-bond donors (Lipinski definition) is 2. The van der Waals surface area contributed by atoms with Gasteiger partial charge in [-0.15, -0.1) is 0 Å². The van der Waals surface area contributed by atoms with Crippen molar-refractivity contribution in [3.05, 3.63) is 35.4 Å². The van der Waals surface area contributed by atoms with Gasteiger partial charge in [0.05, 0.1) is 0 Å². The van der Waals surface area contributed by atoms with Crippen LogP contribution >= 0.6 is 0 Å². The molecule has 94 valence electrons. The number of amides is 1. The number of rotatable bonds is 4. The van der Waals surface area contributed by atoms with Crippen molar-refractivity contribution >= 4 is 5.91 Å². The largest absolute Gasteiger partial charge is 0.350 e. The maximum absolute atomic E-state index is 13.3. The molecule has 1 atom stereocenters. The minimum atomic E-state index is -0.874. The molecule has 0 aliphatic carbocycles. The fourth-order valence-electron chi connectivity index (χ4n) is 1.25. The minimum Gasteiger partial charge on any atom is -0.350 e. The Bertz CT molecular complexity index is 387.